The first-order chi connectivity index (χ1) is 7.78. The summed E-state index contributed by atoms with van der Waals surface area (Å²) in [5.41, 5.74) is 1.35. The third-order valence-corrected chi connectivity index (χ3v) is 3.09. The summed E-state index contributed by atoms with van der Waals surface area (Å²) in [5, 5.41) is 0. The Morgan fingerprint density at radius 1 is 1.25 bits per heavy atom. The SMILES string of the molecule is CCc1ccc(OCC2CCC(C)O2)cc1. The van der Waals surface area contributed by atoms with Crippen LogP contribution < -0.4 is 4.74 Å². The van der Waals surface area contributed by atoms with Crippen molar-refractivity contribution in [1.82, 2.24) is 0 Å². The van der Waals surface area contributed by atoms with Crippen LogP contribution in [-0.2, 0) is 11.2 Å². The summed E-state index contributed by atoms with van der Waals surface area (Å²) in [5.74, 6) is 0.945. The fourth-order valence-corrected chi connectivity index (χ4v) is 2.02. The molecule has 2 atom stereocenters. The van der Waals surface area contributed by atoms with Crippen LogP contribution in [0.25, 0.3) is 0 Å². The van der Waals surface area contributed by atoms with Gasteiger partial charge in [0.25, 0.3) is 0 Å². The molecule has 0 aliphatic carbocycles. The summed E-state index contributed by atoms with van der Waals surface area (Å²) in [4.78, 5) is 0. The van der Waals surface area contributed by atoms with Gasteiger partial charge in [0, 0.05) is 0 Å². The predicted octanol–water partition coefficient (Wildman–Crippen LogP) is 3.20. The van der Waals surface area contributed by atoms with Crippen molar-refractivity contribution in [3.8, 4) is 5.75 Å². The van der Waals surface area contributed by atoms with Crippen LogP contribution in [0.1, 0.15) is 32.3 Å². The van der Waals surface area contributed by atoms with Gasteiger partial charge in [-0.3, -0.25) is 0 Å². The zero-order valence-electron chi connectivity index (χ0n) is 10.1. The average molecular weight is 220 g/mol. The minimum Gasteiger partial charge on any atom is -0.491 e. The van der Waals surface area contributed by atoms with E-state index >= 15 is 0 Å². The molecule has 1 heterocycles. The van der Waals surface area contributed by atoms with E-state index in [1.54, 1.807) is 0 Å². The number of hydrogen-bond acceptors (Lipinski definition) is 2. The zero-order valence-corrected chi connectivity index (χ0v) is 10.1. The molecule has 0 N–H and O–H groups in total. The van der Waals surface area contributed by atoms with Crippen LogP contribution in [0.2, 0.25) is 0 Å². The van der Waals surface area contributed by atoms with Crippen LogP contribution in [0.5, 0.6) is 5.75 Å². The molecule has 0 spiro atoms. The monoisotopic (exact) mass is 220 g/mol. The molecule has 1 saturated heterocycles. The molecule has 1 aromatic carbocycles. The van der Waals surface area contributed by atoms with Crippen LogP contribution in [0.3, 0.4) is 0 Å². The maximum atomic E-state index is 5.71. The van der Waals surface area contributed by atoms with Crippen LogP contribution in [0, 0.1) is 0 Å². The summed E-state index contributed by atoms with van der Waals surface area (Å²) in [6.07, 6.45) is 4.03. The third-order valence-electron chi connectivity index (χ3n) is 3.09. The molecule has 0 aromatic heterocycles. The molecular weight excluding hydrogens is 200 g/mol. The third kappa shape index (κ3) is 2.99. The smallest absolute Gasteiger partial charge is 0.119 e. The lowest BCUT2D eigenvalue weighted by Gasteiger charge is -2.12. The molecule has 1 aliphatic heterocycles. The molecule has 1 aromatic rings. The second-order valence-corrected chi connectivity index (χ2v) is 4.45. The van der Waals surface area contributed by atoms with Gasteiger partial charge in [-0.15, -0.1) is 0 Å². The van der Waals surface area contributed by atoms with Gasteiger partial charge in [-0.05, 0) is 43.9 Å². The van der Waals surface area contributed by atoms with E-state index in [1.165, 1.54) is 5.56 Å². The van der Waals surface area contributed by atoms with E-state index in [0.717, 1.165) is 25.0 Å². The highest BCUT2D eigenvalue weighted by Gasteiger charge is 2.21. The summed E-state index contributed by atoms with van der Waals surface area (Å²) in [7, 11) is 0. The Balaban J connectivity index is 1.80. The van der Waals surface area contributed by atoms with E-state index in [4.69, 9.17) is 9.47 Å². The lowest BCUT2D eigenvalue weighted by atomic mass is 10.2. The van der Waals surface area contributed by atoms with Gasteiger partial charge in [-0.25, -0.2) is 0 Å². The number of ether oxygens (including phenoxy) is 2. The number of hydrogen-bond donors (Lipinski definition) is 0. The van der Waals surface area contributed by atoms with Crippen LogP contribution >= 0.6 is 0 Å². The summed E-state index contributed by atoms with van der Waals surface area (Å²) < 4.78 is 11.4. The highest BCUT2D eigenvalue weighted by Crippen LogP contribution is 2.20. The van der Waals surface area contributed by atoms with E-state index in [-0.39, 0.29) is 6.10 Å². The molecule has 2 nitrogen and oxygen atoms in total. The molecule has 16 heavy (non-hydrogen) atoms. The minimum absolute atomic E-state index is 0.279. The Kier molecular flexibility index (Phi) is 3.83. The van der Waals surface area contributed by atoms with Gasteiger partial charge >= 0.3 is 0 Å². The van der Waals surface area contributed by atoms with Gasteiger partial charge in [-0.1, -0.05) is 19.1 Å². The molecule has 2 unspecified atom stereocenters. The van der Waals surface area contributed by atoms with Crippen molar-refractivity contribution in [2.45, 2.75) is 45.3 Å². The molecule has 0 saturated carbocycles. The molecule has 0 amide bonds. The highest BCUT2D eigenvalue weighted by molar-refractivity contribution is 5.27. The van der Waals surface area contributed by atoms with Crippen LogP contribution in [-0.4, -0.2) is 18.8 Å². The van der Waals surface area contributed by atoms with Crippen molar-refractivity contribution in [3.63, 3.8) is 0 Å². The number of benzene rings is 1. The first-order valence-electron chi connectivity index (χ1n) is 6.15. The van der Waals surface area contributed by atoms with E-state index in [2.05, 4.69) is 26.0 Å². The lowest BCUT2D eigenvalue weighted by Crippen LogP contribution is -2.17. The van der Waals surface area contributed by atoms with Crippen molar-refractivity contribution in [3.05, 3.63) is 29.8 Å². The first kappa shape index (κ1) is 11.5. The van der Waals surface area contributed by atoms with Gasteiger partial charge in [0.05, 0.1) is 12.2 Å². The largest absolute Gasteiger partial charge is 0.491 e. The standard InChI is InChI=1S/C14H20O2/c1-3-12-5-8-13(9-6-12)15-10-14-7-4-11(2)16-14/h5-6,8-9,11,14H,3-4,7,10H2,1-2H3. The van der Waals surface area contributed by atoms with Crippen LogP contribution in [0.15, 0.2) is 24.3 Å². The van der Waals surface area contributed by atoms with E-state index in [1.807, 2.05) is 12.1 Å². The fourth-order valence-electron chi connectivity index (χ4n) is 2.02. The van der Waals surface area contributed by atoms with Gasteiger partial charge in [-0.2, -0.15) is 0 Å². The molecule has 0 bridgehead atoms. The van der Waals surface area contributed by atoms with Crippen LogP contribution in [0.4, 0.5) is 0 Å². The minimum atomic E-state index is 0.279. The quantitative estimate of drug-likeness (QED) is 0.775. The normalized spacial score (nSPS) is 24.6. The van der Waals surface area contributed by atoms with E-state index in [0.29, 0.717) is 12.7 Å². The topological polar surface area (TPSA) is 18.5 Å². The number of aryl methyl sites for hydroxylation is 1. The maximum Gasteiger partial charge on any atom is 0.119 e. The maximum absolute atomic E-state index is 5.71. The Labute approximate surface area is 97.6 Å². The van der Waals surface area contributed by atoms with E-state index < -0.39 is 0 Å². The van der Waals surface area contributed by atoms with Crippen molar-refractivity contribution >= 4 is 0 Å². The lowest BCUT2D eigenvalue weighted by molar-refractivity contribution is 0.0264. The Morgan fingerprint density at radius 3 is 2.56 bits per heavy atom. The molecular formula is C14H20O2. The highest BCUT2D eigenvalue weighted by atomic mass is 16.5. The molecule has 88 valence electrons. The second-order valence-electron chi connectivity index (χ2n) is 4.45. The van der Waals surface area contributed by atoms with E-state index in [9.17, 15) is 0 Å². The van der Waals surface area contributed by atoms with Crippen molar-refractivity contribution in [1.29, 1.82) is 0 Å². The predicted molar refractivity (Wildman–Crippen MR) is 64.9 cm³/mol. The van der Waals surface area contributed by atoms with Gasteiger partial charge in [0.15, 0.2) is 0 Å². The fraction of sp³-hybridized carbons (Fsp3) is 0.571. The second kappa shape index (κ2) is 5.35. The Morgan fingerprint density at radius 2 is 2.00 bits per heavy atom. The van der Waals surface area contributed by atoms with Crippen molar-refractivity contribution in [2.24, 2.45) is 0 Å². The molecule has 2 rings (SSSR count). The first-order valence-corrected chi connectivity index (χ1v) is 6.15. The van der Waals surface area contributed by atoms with Gasteiger partial charge in [0.1, 0.15) is 12.4 Å². The Bertz CT molecular complexity index is 318. The molecule has 2 heteroatoms. The summed E-state index contributed by atoms with van der Waals surface area (Å²) >= 11 is 0. The zero-order chi connectivity index (χ0) is 11.4. The summed E-state index contributed by atoms with van der Waals surface area (Å²) in [6, 6.07) is 8.31. The molecule has 1 fully saturated rings. The summed E-state index contributed by atoms with van der Waals surface area (Å²) in [6.45, 7) is 4.95. The molecule has 0 radical (unpaired) electrons. The van der Waals surface area contributed by atoms with Gasteiger partial charge in [0.2, 0.25) is 0 Å². The average Bonchev–Trinajstić information content (AvgIpc) is 2.73. The number of rotatable bonds is 4. The van der Waals surface area contributed by atoms with Crippen molar-refractivity contribution < 1.29 is 9.47 Å². The van der Waals surface area contributed by atoms with Crippen molar-refractivity contribution in [2.75, 3.05) is 6.61 Å². The Hall–Kier alpha value is -1.02. The molecule has 1 aliphatic rings. The van der Waals surface area contributed by atoms with Gasteiger partial charge < -0.3 is 9.47 Å².